The molecule has 7 heteroatoms. The van der Waals surface area contributed by atoms with Crippen LogP contribution in [0.15, 0.2) is 30.9 Å². The topological polar surface area (TPSA) is 61.5 Å². The molecule has 3 rings (SSSR count). The summed E-state index contributed by atoms with van der Waals surface area (Å²) in [5, 5.41) is 0. The molecule has 1 aliphatic carbocycles. The lowest BCUT2D eigenvalue weighted by Crippen LogP contribution is -2.19. The number of carbonyl (C=O) groups is 1. The molecule has 0 saturated heterocycles. The lowest BCUT2D eigenvalue weighted by molar-refractivity contribution is -0.143. The summed E-state index contributed by atoms with van der Waals surface area (Å²) in [6.45, 7) is 9.52. The predicted octanol–water partition coefficient (Wildman–Crippen LogP) is 6.85. The Kier molecular flexibility index (Phi) is 10.1. The smallest absolute Gasteiger partial charge is 0.307 e. The van der Waals surface area contributed by atoms with E-state index in [2.05, 4.69) is 6.58 Å². The monoisotopic (exact) mass is 493 g/mol. The lowest BCUT2D eigenvalue weighted by atomic mass is 9.90. The third-order valence-electron chi connectivity index (χ3n) is 5.98. The Morgan fingerprint density at radius 3 is 2.56 bits per heavy atom. The molecule has 0 spiro atoms. The zero-order valence-electron chi connectivity index (χ0n) is 20.1. The molecule has 0 radical (unpaired) electrons. The minimum Gasteiger partial charge on any atom is -0.493 e. The van der Waals surface area contributed by atoms with Crippen LogP contribution in [0.2, 0.25) is 0 Å². The van der Waals surface area contributed by atoms with E-state index < -0.39 is 17.8 Å². The van der Waals surface area contributed by atoms with Gasteiger partial charge < -0.3 is 15.2 Å². The first kappa shape index (κ1) is 27.8. The number of carbonyl (C=O) groups excluding carboxylic acids is 1. The third kappa shape index (κ3) is 6.36. The van der Waals surface area contributed by atoms with Gasteiger partial charge in [-0.2, -0.15) is 0 Å². The average molecular weight is 494 g/mol. The summed E-state index contributed by atoms with van der Waals surface area (Å²) < 4.78 is 41.4. The van der Waals surface area contributed by atoms with Crippen molar-refractivity contribution in [1.82, 2.24) is 0 Å². The maximum Gasteiger partial charge on any atom is 0.307 e. The molecular weight excluding hydrogens is 460 g/mol. The van der Waals surface area contributed by atoms with Crippen molar-refractivity contribution in [3.8, 4) is 16.9 Å². The first-order valence-corrected chi connectivity index (χ1v) is 11.6. The number of allylic oxidation sites excluding steroid dienone is 1. The van der Waals surface area contributed by atoms with Crippen molar-refractivity contribution in [2.75, 3.05) is 13.2 Å². The van der Waals surface area contributed by atoms with Crippen molar-refractivity contribution in [3.63, 3.8) is 0 Å². The molecule has 34 heavy (non-hydrogen) atoms. The van der Waals surface area contributed by atoms with Gasteiger partial charge in [0.15, 0.2) is 0 Å². The second-order valence-corrected chi connectivity index (χ2v) is 8.64. The molecule has 0 aliphatic heterocycles. The van der Waals surface area contributed by atoms with Crippen LogP contribution in [-0.4, -0.2) is 19.2 Å². The van der Waals surface area contributed by atoms with Gasteiger partial charge >= 0.3 is 5.97 Å². The van der Waals surface area contributed by atoms with Crippen LogP contribution in [0, 0.1) is 25.5 Å². The molecule has 1 aliphatic rings. The van der Waals surface area contributed by atoms with Crippen molar-refractivity contribution in [2.45, 2.75) is 64.8 Å². The zero-order chi connectivity index (χ0) is 24.1. The van der Waals surface area contributed by atoms with Gasteiger partial charge in [-0.3, -0.25) is 4.79 Å². The number of ether oxygens (including phenoxy) is 2. The van der Waals surface area contributed by atoms with Crippen molar-refractivity contribution < 1.29 is 23.0 Å². The summed E-state index contributed by atoms with van der Waals surface area (Å²) in [6, 6.07) is 4.22. The van der Waals surface area contributed by atoms with Gasteiger partial charge in [-0.1, -0.05) is 6.08 Å². The molecule has 186 valence electrons. The summed E-state index contributed by atoms with van der Waals surface area (Å²) >= 11 is 0. The van der Waals surface area contributed by atoms with Gasteiger partial charge in [-0.25, -0.2) is 8.78 Å². The largest absolute Gasteiger partial charge is 0.493 e. The van der Waals surface area contributed by atoms with Crippen molar-refractivity contribution in [3.05, 3.63) is 64.7 Å². The van der Waals surface area contributed by atoms with Crippen LogP contribution in [0.5, 0.6) is 5.75 Å². The highest BCUT2D eigenvalue weighted by atomic mass is 35.5. The molecule has 2 aromatic carbocycles. The molecule has 2 N–H and O–H groups in total. The molecular formula is C27H34ClF2NO3. The minimum atomic E-state index is -0.867. The molecule has 1 fully saturated rings. The maximum atomic E-state index is 15.4. The van der Waals surface area contributed by atoms with Crippen molar-refractivity contribution in [1.29, 1.82) is 0 Å². The van der Waals surface area contributed by atoms with Crippen LogP contribution in [0.25, 0.3) is 11.1 Å². The standard InChI is InChI=1S/C27H33F2NO3.ClH/c1-5-7-8-11-33-23-12-16(3)26(28)17(4)25(23)19-13-20(18-9-10-18)27(29)21(14-19)22(30)15-24(31)32-6-2;/h5,12-14,18,22H,1,6-11,15,30H2,2-4H3;1H/t22-;/m0./s1. The molecule has 4 nitrogen and oxygen atoms in total. The van der Waals surface area contributed by atoms with E-state index in [0.29, 0.717) is 40.2 Å². The highest BCUT2D eigenvalue weighted by Gasteiger charge is 2.31. The first-order chi connectivity index (χ1) is 15.8. The van der Waals surface area contributed by atoms with Crippen LogP contribution >= 0.6 is 12.4 Å². The molecule has 1 atom stereocenters. The Labute approximate surface area is 206 Å². The van der Waals surface area contributed by atoms with E-state index in [1.54, 1.807) is 39.0 Å². The van der Waals surface area contributed by atoms with E-state index >= 15 is 4.39 Å². The minimum absolute atomic E-state index is 0. The quantitative estimate of drug-likeness (QED) is 0.211. The lowest BCUT2D eigenvalue weighted by Gasteiger charge is -2.20. The first-order valence-electron chi connectivity index (χ1n) is 11.6. The second kappa shape index (κ2) is 12.3. The fraction of sp³-hybridized carbons (Fsp3) is 0.444. The Balaban J connectivity index is 0.00000408. The van der Waals surface area contributed by atoms with Gasteiger partial charge in [0, 0.05) is 17.2 Å². The number of hydrogen-bond acceptors (Lipinski definition) is 4. The van der Waals surface area contributed by atoms with Crippen molar-refractivity contribution >= 4 is 18.4 Å². The van der Waals surface area contributed by atoms with Crippen LogP contribution in [0.1, 0.15) is 73.2 Å². The van der Waals surface area contributed by atoms with E-state index in [1.165, 1.54) is 0 Å². The van der Waals surface area contributed by atoms with Gasteiger partial charge in [0.2, 0.25) is 0 Å². The van der Waals surface area contributed by atoms with E-state index in [0.717, 1.165) is 25.7 Å². The normalized spacial score (nSPS) is 13.7. The molecule has 0 unspecified atom stereocenters. The maximum absolute atomic E-state index is 15.4. The summed E-state index contributed by atoms with van der Waals surface area (Å²) in [4.78, 5) is 12.0. The fourth-order valence-electron chi connectivity index (χ4n) is 4.09. The predicted molar refractivity (Wildman–Crippen MR) is 134 cm³/mol. The van der Waals surface area contributed by atoms with Gasteiger partial charge in [-0.15, -0.1) is 19.0 Å². The SMILES string of the molecule is C=CCCCOc1cc(C)c(F)c(C)c1-c1cc(C2CC2)c(F)c([C@@H](N)CC(=O)OCC)c1.Cl. The van der Waals surface area contributed by atoms with Crippen LogP contribution in [-0.2, 0) is 9.53 Å². The number of rotatable bonds is 11. The molecule has 0 heterocycles. The number of unbranched alkanes of at least 4 members (excludes halogenated alkanes) is 1. The van der Waals surface area contributed by atoms with Gasteiger partial charge in [0.25, 0.3) is 0 Å². The van der Waals surface area contributed by atoms with E-state index in [9.17, 15) is 9.18 Å². The molecule has 1 saturated carbocycles. The fourth-order valence-corrected chi connectivity index (χ4v) is 4.09. The van der Waals surface area contributed by atoms with Crippen LogP contribution < -0.4 is 10.5 Å². The number of aryl methyl sites for hydroxylation is 1. The van der Waals surface area contributed by atoms with Crippen molar-refractivity contribution in [2.24, 2.45) is 5.73 Å². The van der Waals surface area contributed by atoms with Gasteiger partial charge in [-0.05, 0) is 92.8 Å². The number of esters is 1. The number of hydrogen-bond donors (Lipinski definition) is 1. The third-order valence-corrected chi connectivity index (χ3v) is 5.98. The Hall–Kier alpha value is -2.44. The van der Waals surface area contributed by atoms with E-state index in [4.69, 9.17) is 15.2 Å². The summed E-state index contributed by atoms with van der Waals surface area (Å²) in [7, 11) is 0. The Bertz CT molecular complexity index is 1040. The number of nitrogens with two attached hydrogens (primary N) is 1. The van der Waals surface area contributed by atoms with Crippen LogP contribution in [0.4, 0.5) is 8.78 Å². The molecule has 2 aromatic rings. The van der Waals surface area contributed by atoms with Gasteiger partial charge in [0.1, 0.15) is 17.4 Å². The highest BCUT2D eigenvalue weighted by Crippen LogP contribution is 2.46. The summed E-state index contributed by atoms with van der Waals surface area (Å²) in [5.74, 6) is -0.541. The zero-order valence-corrected chi connectivity index (χ0v) is 20.9. The summed E-state index contributed by atoms with van der Waals surface area (Å²) in [6.07, 6.45) is 5.06. The summed E-state index contributed by atoms with van der Waals surface area (Å²) in [5.41, 5.74) is 9.19. The van der Waals surface area contributed by atoms with Gasteiger partial charge in [0.05, 0.1) is 19.6 Å². The molecule has 0 bridgehead atoms. The second-order valence-electron chi connectivity index (χ2n) is 8.64. The average Bonchev–Trinajstić information content (AvgIpc) is 3.61. The number of halogens is 3. The molecule has 0 amide bonds. The Morgan fingerprint density at radius 1 is 1.24 bits per heavy atom. The number of benzene rings is 2. The Morgan fingerprint density at radius 2 is 1.94 bits per heavy atom. The van der Waals surface area contributed by atoms with Crippen LogP contribution in [0.3, 0.4) is 0 Å². The molecule has 0 aromatic heterocycles. The van der Waals surface area contributed by atoms with E-state index in [1.807, 2.05) is 6.08 Å². The van der Waals surface area contributed by atoms with E-state index in [-0.39, 0.29) is 42.7 Å². The highest BCUT2D eigenvalue weighted by molar-refractivity contribution is 5.85.